The molecule has 1 aliphatic carbocycles. The van der Waals surface area contributed by atoms with Crippen LogP contribution in [0.1, 0.15) is 58.3 Å². The summed E-state index contributed by atoms with van der Waals surface area (Å²) in [5.41, 5.74) is 5.02. The predicted molar refractivity (Wildman–Crippen MR) is 73.6 cm³/mol. The number of carbonyl (C=O) groups excluding carboxylic acids is 2. The van der Waals surface area contributed by atoms with Crippen LogP contribution in [-0.4, -0.2) is 23.7 Å². The van der Waals surface area contributed by atoms with Gasteiger partial charge in [-0.05, 0) is 19.3 Å². The Hall–Kier alpha value is -1.23. The fraction of sp³-hybridized carbons (Fsp3) is 0.786. The molecule has 2 rings (SSSR count). The van der Waals surface area contributed by atoms with E-state index in [4.69, 9.17) is 5.73 Å². The molecule has 0 bridgehead atoms. The molecule has 1 fully saturated rings. The molecule has 1 aliphatic heterocycles. The molecule has 0 aromatic carbocycles. The molecule has 2 amide bonds. The van der Waals surface area contributed by atoms with Crippen molar-refractivity contribution in [3.8, 4) is 0 Å². The van der Waals surface area contributed by atoms with Crippen molar-refractivity contribution in [2.24, 2.45) is 16.1 Å². The highest BCUT2D eigenvalue weighted by Crippen LogP contribution is 2.38. The van der Waals surface area contributed by atoms with E-state index in [1.54, 1.807) is 0 Å². The van der Waals surface area contributed by atoms with E-state index in [-0.39, 0.29) is 17.9 Å². The zero-order valence-electron chi connectivity index (χ0n) is 11.6. The Morgan fingerprint density at radius 1 is 1.26 bits per heavy atom. The quantitative estimate of drug-likeness (QED) is 0.758. The fourth-order valence-corrected chi connectivity index (χ4v) is 2.97. The highest BCUT2D eigenvalue weighted by Gasteiger charge is 2.48. The minimum Gasteiger partial charge on any atom is -0.321 e. The number of nitrogens with one attached hydrogen (secondary N) is 1. The van der Waals surface area contributed by atoms with Gasteiger partial charge in [0.2, 0.25) is 5.91 Å². The van der Waals surface area contributed by atoms with E-state index in [0.29, 0.717) is 18.7 Å². The minimum absolute atomic E-state index is 0.184. The molecule has 1 unspecified atom stereocenters. The van der Waals surface area contributed by atoms with Crippen LogP contribution >= 0.6 is 0 Å². The molecule has 5 nitrogen and oxygen atoms in total. The molecule has 106 valence electrons. The van der Waals surface area contributed by atoms with Gasteiger partial charge < -0.3 is 11.1 Å². The number of rotatable bonds is 3. The molecule has 2 aliphatic rings. The van der Waals surface area contributed by atoms with E-state index in [2.05, 4.69) is 10.3 Å². The summed E-state index contributed by atoms with van der Waals surface area (Å²) in [4.78, 5) is 28.8. The number of nitrogens with two attached hydrogens (primary N) is 1. The summed E-state index contributed by atoms with van der Waals surface area (Å²) >= 11 is 0. The Balaban J connectivity index is 2.21. The first-order chi connectivity index (χ1) is 9.10. The van der Waals surface area contributed by atoms with Gasteiger partial charge in [-0.15, -0.1) is 0 Å². The Morgan fingerprint density at radius 3 is 2.42 bits per heavy atom. The van der Waals surface area contributed by atoms with Crippen LogP contribution in [-0.2, 0) is 9.59 Å². The van der Waals surface area contributed by atoms with Gasteiger partial charge in [-0.25, -0.2) is 0 Å². The van der Waals surface area contributed by atoms with Crippen LogP contribution in [0.15, 0.2) is 4.99 Å². The van der Waals surface area contributed by atoms with Gasteiger partial charge in [0.05, 0.1) is 6.04 Å². The standard InChI is InChI=1S/C14H23N3O2/c1-2-7-10(15)11-16-12(18)14(13(19)17-11)8-5-3-4-6-9-14/h10H,2-9,15H2,1H3,(H,16,17,18,19). The van der Waals surface area contributed by atoms with E-state index >= 15 is 0 Å². The minimum atomic E-state index is -0.911. The van der Waals surface area contributed by atoms with E-state index in [1.807, 2.05) is 6.92 Å². The monoisotopic (exact) mass is 265 g/mol. The number of hydrogen-bond donors (Lipinski definition) is 2. The van der Waals surface area contributed by atoms with Crippen molar-refractivity contribution >= 4 is 17.6 Å². The summed E-state index contributed by atoms with van der Waals surface area (Å²) in [6.45, 7) is 2.01. The topological polar surface area (TPSA) is 84.5 Å². The summed E-state index contributed by atoms with van der Waals surface area (Å²) in [7, 11) is 0. The van der Waals surface area contributed by atoms with Crippen molar-refractivity contribution < 1.29 is 9.59 Å². The highest BCUT2D eigenvalue weighted by molar-refractivity contribution is 6.19. The SMILES string of the molecule is CCCC(N)C1=NC(=O)C2(CCCCCC2)C(=O)N1. The van der Waals surface area contributed by atoms with Gasteiger partial charge in [0, 0.05) is 0 Å². The number of amides is 2. The van der Waals surface area contributed by atoms with Gasteiger partial charge >= 0.3 is 0 Å². The van der Waals surface area contributed by atoms with Gasteiger partial charge in [0.25, 0.3) is 5.91 Å². The smallest absolute Gasteiger partial charge is 0.263 e. The lowest BCUT2D eigenvalue weighted by molar-refractivity contribution is -0.142. The summed E-state index contributed by atoms with van der Waals surface area (Å²) < 4.78 is 0. The zero-order valence-corrected chi connectivity index (χ0v) is 11.6. The molecule has 1 spiro atoms. The molecular formula is C14H23N3O2. The lowest BCUT2D eigenvalue weighted by Gasteiger charge is -2.33. The summed E-state index contributed by atoms with van der Waals surface area (Å²) in [5, 5.41) is 2.78. The first-order valence-corrected chi connectivity index (χ1v) is 7.30. The third-order valence-corrected chi connectivity index (χ3v) is 4.22. The van der Waals surface area contributed by atoms with E-state index in [9.17, 15) is 9.59 Å². The van der Waals surface area contributed by atoms with Gasteiger partial charge in [-0.1, -0.05) is 39.0 Å². The number of nitrogens with zero attached hydrogens (tertiary/aromatic N) is 1. The van der Waals surface area contributed by atoms with Crippen molar-refractivity contribution in [1.82, 2.24) is 5.32 Å². The Bertz CT molecular complexity index is 395. The van der Waals surface area contributed by atoms with Crippen molar-refractivity contribution in [1.29, 1.82) is 0 Å². The van der Waals surface area contributed by atoms with E-state index < -0.39 is 5.41 Å². The second kappa shape index (κ2) is 5.82. The third-order valence-electron chi connectivity index (χ3n) is 4.22. The molecule has 1 saturated carbocycles. The average Bonchev–Trinajstić information content (AvgIpc) is 2.63. The van der Waals surface area contributed by atoms with Gasteiger partial charge in [0.1, 0.15) is 11.3 Å². The van der Waals surface area contributed by atoms with Crippen LogP contribution in [0, 0.1) is 5.41 Å². The van der Waals surface area contributed by atoms with Crippen LogP contribution in [0.4, 0.5) is 0 Å². The normalized spacial score (nSPS) is 24.6. The number of carbonyl (C=O) groups is 2. The van der Waals surface area contributed by atoms with Crippen LogP contribution in [0.25, 0.3) is 0 Å². The van der Waals surface area contributed by atoms with Crippen molar-refractivity contribution in [2.75, 3.05) is 0 Å². The van der Waals surface area contributed by atoms with Gasteiger partial charge in [0.15, 0.2) is 0 Å². The lowest BCUT2D eigenvalue weighted by Crippen LogP contribution is -2.56. The maximum absolute atomic E-state index is 12.4. The first kappa shape index (κ1) is 14.2. The van der Waals surface area contributed by atoms with Crippen molar-refractivity contribution in [3.63, 3.8) is 0 Å². The van der Waals surface area contributed by atoms with Crippen LogP contribution in [0.3, 0.4) is 0 Å². The number of aliphatic imine (C=N–C) groups is 1. The van der Waals surface area contributed by atoms with Crippen LogP contribution in [0.5, 0.6) is 0 Å². The molecular weight excluding hydrogens is 242 g/mol. The molecule has 1 heterocycles. The average molecular weight is 265 g/mol. The van der Waals surface area contributed by atoms with Gasteiger partial charge in [-0.3, -0.25) is 9.59 Å². The van der Waals surface area contributed by atoms with E-state index in [1.165, 1.54) is 0 Å². The number of hydrogen-bond acceptors (Lipinski definition) is 3. The summed E-state index contributed by atoms with van der Waals surface area (Å²) in [5.74, 6) is -0.109. The highest BCUT2D eigenvalue weighted by atomic mass is 16.2. The molecule has 19 heavy (non-hydrogen) atoms. The molecule has 0 aromatic rings. The molecule has 3 N–H and O–H groups in total. The fourth-order valence-electron chi connectivity index (χ4n) is 2.97. The Labute approximate surface area is 114 Å². The first-order valence-electron chi connectivity index (χ1n) is 7.30. The zero-order chi connectivity index (χ0) is 13.9. The second-order valence-corrected chi connectivity index (χ2v) is 5.65. The Morgan fingerprint density at radius 2 is 1.89 bits per heavy atom. The Kier molecular flexibility index (Phi) is 4.34. The molecule has 0 saturated heterocycles. The largest absolute Gasteiger partial charge is 0.321 e. The summed E-state index contributed by atoms with van der Waals surface area (Å²) in [6.07, 6.45) is 6.89. The van der Waals surface area contributed by atoms with Crippen LogP contribution < -0.4 is 11.1 Å². The molecule has 1 atom stereocenters. The van der Waals surface area contributed by atoms with Gasteiger partial charge in [-0.2, -0.15) is 4.99 Å². The third kappa shape index (κ3) is 2.71. The van der Waals surface area contributed by atoms with Crippen molar-refractivity contribution in [2.45, 2.75) is 64.3 Å². The van der Waals surface area contributed by atoms with E-state index in [0.717, 1.165) is 38.5 Å². The molecule has 5 heteroatoms. The van der Waals surface area contributed by atoms with Crippen LogP contribution in [0.2, 0.25) is 0 Å². The lowest BCUT2D eigenvalue weighted by atomic mass is 9.77. The maximum Gasteiger partial charge on any atom is 0.263 e. The molecule has 0 aromatic heterocycles. The van der Waals surface area contributed by atoms with Crippen molar-refractivity contribution in [3.05, 3.63) is 0 Å². The molecule has 0 radical (unpaired) electrons. The maximum atomic E-state index is 12.4. The predicted octanol–water partition coefficient (Wildman–Crippen LogP) is 1.51. The number of amidine groups is 1. The second-order valence-electron chi connectivity index (χ2n) is 5.65. The summed E-state index contributed by atoms with van der Waals surface area (Å²) in [6, 6.07) is -0.346.